The number of ether oxygens (including phenoxy) is 5. The van der Waals surface area contributed by atoms with Gasteiger partial charge in [0.25, 0.3) is 0 Å². The first kappa shape index (κ1) is 15.2. The molecule has 0 N–H and O–H groups in total. The van der Waals surface area contributed by atoms with Crippen molar-refractivity contribution in [3.63, 3.8) is 0 Å². The molecule has 1 heterocycles. The molecule has 2 rings (SSSR count). The van der Waals surface area contributed by atoms with Crippen LogP contribution in [0.25, 0.3) is 0 Å². The van der Waals surface area contributed by atoms with Crippen LogP contribution in [0.3, 0.4) is 0 Å². The minimum atomic E-state index is -0.0511. The highest BCUT2D eigenvalue weighted by Crippen LogP contribution is 2.41. The van der Waals surface area contributed by atoms with Gasteiger partial charge in [-0.2, -0.15) is 0 Å². The molecule has 0 aromatic heterocycles. The molecule has 0 bridgehead atoms. The molecule has 19 heavy (non-hydrogen) atoms. The zero-order chi connectivity index (χ0) is 13.5. The number of rotatable bonds is 8. The van der Waals surface area contributed by atoms with Gasteiger partial charge in [0.2, 0.25) is 0 Å². The summed E-state index contributed by atoms with van der Waals surface area (Å²) in [6.07, 6.45) is 3.47. The first-order chi connectivity index (χ1) is 9.35. The Labute approximate surface area is 115 Å². The lowest BCUT2D eigenvalue weighted by Crippen LogP contribution is -2.37. The van der Waals surface area contributed by atoms with Crippen LogP contribution in [0.4, 0.5) is 0 Å². The number of hydrogen-bond donors (Lipinski definition) is 0. The molecule has 4 atom stereocenters. The third-order valence-corrected chi connectivity index (χ3v) is 4.02. The van der Waals surface area contributed by atoms with Crippen LogP contribution in [0.15, 0.2) is 0 Å². The van der Waals surface area contributed by atoms with Gasteiger partial charge in [-0.25, -0.2) is 0 Å². The van der Waals surface area contributed by atoms with E-state index < -0.39 is 0 Å². The Morgan fingerprint density at radius 1 is 1.16 bits per heavy atom. The molecule has 1 aliphatic heterocycles. The van der Waals surface area contributed by atoms with Crippen molar-refractivity contribution in [2.75, 3.05) is 40.3 Å². The monoisotopic (exact) mass is 274 g/mol. The summed E-state index contributed by atoms with van der Waals surface area (Å²) in [5, 5.41) is 0. The van der Waals surface area contributed by atoms with Gasteiger partial charge in [-0.3, -0.25) is 0 Å². The summed E-state index contributed by atoms with van der Waals surface area (Å²) in [7, 11) is 1.67. The number of methoxy groups -OCH3 is 1. The van der Waals surface area contributed by atoms with E-state index in [-0.39, 0.29) is 6.29 Å². The van der Waals surface area contributed by atoms with Crippen molar-refractivity contribution < 1.29 is 23.7 Å². The third kappa shape index (κ3) is 4.39. The van der Waals surface area contributed by atoms with Gasteiger partial charge in [-0.15, -0.1) is 0 Å². The van der Waals surface area contributed by atoms with Crippen LogP contribution in [0.5, 0.6) is 0 Å². The van der Waals surface area contributed by atoms with Gasteiger partial charge in [0, 0.05) is 20.1 Å². The predicted octanol–water partition coefficient (Wildman–Crippen LogP) is 1.80. The van der Waals surface area contributed by atoms with Gasteiger partial charge in [0.05, 0.1) is 25.9 Å². The largest absolute Gasteiger partial charge is 0.382 e. The normalized spacial score (nSPS) is 34.4. The van der Waals surface area contributed by atoms with E-state index >= 15 is 0 Å². The van der Waals surface area contributed by atoms with E-state index in [0.29, 0.717) is 44.6 Å². The molecule has 1 unspecified atom stereocenters. The Morgan fingerprint density at radius 2 is 2.05 bits per heavy atom. The zero-order valence-electron chi connectivity index (χ0n) is 12.0. The van der Waals surface area contributed by atoms with Crippen molar-refractivity contribution in [2.45, 2.75) is 38.6 Å². The Hall–Kier alpha value is -0.200. The van der Waals surface area contributed by atoms with E-state index in [1.54, 1.807) is 7.11 Å². The van der Waals surface area contributed by atoms with E-state index in [0.717, 1.165) is 19.4 Å². The molecular weight excluding hydrogens is 248 g/mol. The van der Waals surface area contributed by atoms with Gasteiger partial charge in [-0.1, -0.05) is 0 Å². The molecule has 0 aromatic rings. The van der Waals surface area contributed by atoms with E-state index in [9.17, 15) is 0 Å². The number of fused-ring (bicyclic) bond motifs is 1. The van der Waals surface area contributed by atoms with Crippen LogP contribution in [-0.4, -0.2) is 52.7 Å². The van der Waals surface area contributed by atoms with E-state index in [2.05, 4.69) is 0 Å². The van der Waals surface area contributed by atoms with Crippen molar-refractivity contribution in [3.8, 4) is 0 Å². The minimum Gasteiger partial charge on any atom is -0.382 e. The van der Waals surface area contributed by atoms with Gasteiger partial charge < -0.3 is 23.7 Å². The molecule has 0 spiro atoms. The van der Waals surface area contributed by atoms with Crippen LogP contribution in [0.2, 0.25) is 0 Å². The topological polar surface area (TPSA) is 46.2 Å². The molecular formula is C14H26O5. The summed E-state index contributed by atoms with van der Waals surface area (Å²) in [5.41, 5.74) is 0. The Kier molecular flexibility index (Phi) is 6.53. The SMILES string of the molecule is CCOC1C[C@@H]2[C@@H](CC[C@@H]2OCOCCOC)CO1. The van der Waals surface area contributed by atoms with Crippen LogP contribution < -0.4 is 0 Å². The van der Waals surface area contributed by atoms with Gasteiger partial charge in [-0.05, 0) is 31.6 Å². The second kappa shape index (κ2) is 8.17. The summed E-state index contributed by atoms with van der Waals surface area (Å²) < 4.78 is 27.4. The fraction of sp³-hybridized carbons (Fsp3) is 1.00. The smallest absolute Gasteiger partial charge is 0.157 e. The average molecular weight is 274 g/mol. The van der Waals surface area contributed by atoms with Gasteiger partial charge >= 0.3 is 0 Å². The molecule has 2 fully saturated rings. The minimum absolute atomic E-state index is 0.0511. The molecule has 0 aromatic carbocycles. The Balaban J connectivity index is 1.69. The van der Waals surface area contributed by atoms with E-state index in [1.807, 2.05) is 6.92 Å². The molecule has 1 saturated carbocycles. The van der Waals surface area contributed by atoms with Crippen LogP contribution >= 0.6 is 0 Å². The van der Waals surface area contributed by atoms with E-state index in [4.69, 9.17) is 23.7 Å². The maximum Gasteiger partial charge on any atom is 0.157 e. The van der Waals surface area contributed by atoms with Gasteiger partial charge in [0.1, 0.15) is 6.79 Å². The van der Waals surface area contributed by atoms with Crippen LogP contribution in [0, 0.1) is 11.8 Å². The summed E-state index contributed by atoms with van der Waals surface area (Å²) in [6, 6.07) is 0. The first-order valence-electron chi connectivity index (χ1n) is 7.26. The van der Waals surface area contributed by atoms with E-state index in [1.165, 1.54) is 6.42 Å². The molecule has 5 nitrogen and oxygen atoms in total. The average Bonchev–Trinajstić information content (AvgIpc) is 2.82. The van der Waals surface area contributed by atoms with Crippen molar-refractivity contribution in [3.05, 3.63) is 0 Å². The first-order valence-corrected chi connectivity index (χ1v) is 7.26. The lowest BCUT2D eigenvalue weighted by molar-refractivity contribution is -0.199. The van der Waals surface area contributed by atoms with Crippen molar-refractivity contribution >= 4 is 0 Å². The highest BCUT2D eigenvalue weighted by Gasteiger charge is 2.41. The summed E-state index contributed by atoms with van der Waals surface area (Å²) in [6.45, 7) is 5.06. The van der Waals surface area contributed by atoms with Crippen molar-refractivity contribution in [1.29, 1.82) is 0 Å². The fourth-order valence-electron chi connectivity index (χ4n) is 3.03. The fourth-order valence-corrected chi connectivity index (χ4v) is 3.03. The maximum atomic E-state index is 5.86. The second-order valence-corrected chi connectivity index (χ2v) is 5.18. The summed E-state index contributed by atoms with van der Waals surface area (Å²) >= 11 is 0. The Morgan fingerprint density at radius 3 is 2.84 bits per heavy atom. The van der Waals surface area contributed by atoms with Crippen LogP contribution in [0.1, 0.15) is 26.2 Å². The Bertz CT molecular complexity index is 248. The highest BCUT2D eigenvalue weighted by molar-refractivity contribution is 4.88. The molecule has 5 heteroatoms. The van der Waals surface area contributed by atoms with Crippen LogP contribution in [-0.2, 0) is 23.7 Å². The van der Waals surface area contributed by atoms with Crippen molar-refractivity contribution in [2.24, 2.45) is 11.8 Å². The molecule has 1 aliphatic carbocycles. The molecule has 2 aliphatic rings. The summed E-state index contributed by atoms with van der Waals surface area (Å²) in [5.74, 6) is 1.18. The highest BCUT2D eigenvalue weighted by atomic mass is 16.7. The zero-order valence-corrected chi connectivity index (χ0v) is 12.0. The standard InChI is InChI=1S/C14H26O5/c1-3-17-14-8-12-11(9-18-14)4-5-13(12)19-10-16-7-6-15-2/h11-14H,3-10H2,1-2H3/t11-,12+,13-,14?/m0/s1. The second-order valence-electron chi connectivity index (χ2n) is 5.18. The third-order valence-electron chi connectivity index (χ3n) is 4.02. The lowest BCUT2D eigenvalue weighted by Gasteiger charge is -2.34. The molecule has 112 valence electrons. The molecule has 0 amide bonds. The quantitative estimate of drug-likeness (QED) is 0.499. The predicted molar refractivity (Wildman–Crippen MR) is 69.8 cm³/mol. The van der Waals surface area contributed by atoms with Gasteiger partial charge in [0.15, 0.2) is 6.29 Å². The van der Waals surface area contributed by atoms with Crippen molar-refractivity contribution in [1.82, 2.24) is 0 Å². The lowest BCUT2D eigenvalue weighted by atomic mass is 9.90. The molecule has 0 radical (unpaired) electrons. The number of hydrogen-bond acceptors (Lipinski definition) is 5. The maximum absolute atomic E-state index is 5.86. The molecule has 1 saturated heterocycles. The summed E-state index contributed by atoms with van der Waals surface area (Å²) in [4.78, 5) is 0.